The molecule has 1 aromatic rings. The molecule has 0 saturated heterocycles. The van der Waals surface area contributed by atoms with E-state index in [1.165, 1.54) is 0 Å². The highest BCUT2D eigenvalue weighted by Gasteiger charge is 2.09. The fourth-order valence-corrected chi connectivity index (χ4v) is 1.49. The van der Waals surface area contributed by atoms with Gasteiger partial charge < -0.3 is 16.4 Å². The lowest BCUT2D eigenvalue weighted by Gasteiger charge is -2.09. The molecule has 0 fully saturated rings. The van der Waals surface area contributed by atoms with Crippen molar-refractivity contribution in [1.29, 1.82) is 0 Å². The Labute approximate surface area is 113 Å². The Bertz CT molecular complexity index is 444. The molecule has 19 heavy (non-hydrogen) atoms. The van der Waals surface area contributed by atoms with Gasteiger partial charge in [0.25, 0.3) is 5.91 Å². The largest absolute Gasteiger partial charge is 0.398 e. The average Bonchev–Trinajstić information content (AvgIpc) is 2.36. The molecule has 5 nitrogen and oxygen atoms in total. The van der Waals surface area contributed by atoms with Gasteiger partial charge in [0, 0.05) is 25.2 Å². The summed E-state index contributed by atoms with van der Waals surface area (Å²) >= 11 is 0. The van der Waals surface area contributed by atoms with Crippen LogP contribution in [0.5, 0.6) is 0 Å². The minimum absolute atomic E-state index is 0.0602. The topological polar surface area (TPSA) is 84.2 Å². The first-order valence-electron chi connectivity index (χ1n) is 6.40. The van der Waals surface area contributed by atoms with Gasteiger partial charge in [-0.25, -0.2) is 0 Å². The molecule has 0 unspecified atom stereocenters. The zero-order valence-electron chi connectivity index (χ0n) is 11.4. The number of anilines is 1. The van der Waals surface area contributed by atoms with Gasteiger partial charge >= 0.3 is 0 Å². The Kier molecular flexibility index (Phi) is 5.85. The van der Waals surface area contributed by atoms with Crippen LogP contribution in [0, 0.1) is 5.92 Å². The van der Waals surface area contributed by atoms with E-state index in [9.17, 15) is 9.59 Å². The molecule has 0 bridgehead atoms. The summed E-state index contributed by atoms with van der Waals surface area (Å²) in [6.07, 6.45) is 0.269. The Hall–Kier alpha value is -2.04. The maximum absolute atomic E-state index is 11.8. The first-order chi connectivity index (χ1) is 9.00. The number of hydrogen-bond donors (Lipinski definition) is 3. The van der Waals surface area contributed by atoms with Crippen molar-refractivity contribution < 1.29 is 9.59 Å². The molecule has 0 aliphatic heterocycles. The molecule has 0 saturated carbocycles. The summed E-state index contributed by atoms with van der Waals surface area (Å²) in [4.78, 5) is 23.2. The Morgan fingerprint density at radius 2 is 1.89 bits per heavy atom. The van der Waals surface area contributed by atoms with Gasteiger partial charge in [-0.1, -0.05) is 26.0 Å². The number of carbonyl (C=O) groups excluding carboxylic acids is 2. The van der Waals surface area contributed by atoms with Crippen LogP contribution >= 0.6 is 0 Å². The second-order valence-electron chi connectivity index (χ2n) is 4.79. The molecule has 5 heteroatoms. The molecule has 0 aliphatic carbocycles. The summed E-state index contributed by atoms with van der Waals surface area (Å²) in [5.41, 5.74) is 6.56. The Balaban J connectivity index is 2.32. The van der Waals surface area contributed by atoms with Crippen molar-refractivity contribution in [3.63, 3.8) is 0 Å². The number of amides is 2. The number of nitrogen functional groups attached to an aromatic ring is 1. The lowest BCUT2D eigenvalue weighted by Crippen LogP contribution is -2.32. The fraction of sp³-hybridized carbons (Fsp3) is 0.429. The van der Waals surface area contributed by atoms with E-state index in [0.29, 0.717) is 30.3 Å². The van der Waals surface area contributed by atoms with Crippen LogP contribution in [0.1, 0.15) is 30.6 Å². The second kappa shape index (κ2) is 7.41. The summed E-state index contributed by atoms with van der Waals surface area (Å²) in [5.74, 6) is 0.104. The normalized spacial score (nSPS) is 10.3. The summed E-state index contributed by atoms with van der Waals surface area (Å²) in [6, 6.07) is 6.85. The van der Waals surface area contributed by atoms with Crippen molar-refractivity contribution in [3.8, 4) is 0 Å². The van der Waals surface area contributed by atoms with E-state index in [0.717, 1.165) is 0 Å². The SMILES string of the molecule is CC(C)CNC(=O)CCNC(=O)c1ccccc1N. The molecular formula is C14H21N3O2. The van der Waals surface area contributed by atoms with Gasteiger partial charge in [0.15, 0.2) is 0 Å². The molecule has 104 valence electrons. The quantitative estimate of drug-likeness (QED) is 0.673. The first-order valence-corrected chi connectivity index (χ1v) is 6.40. The third kappa shape index (κ3) is 5.42. The third-order valence-corrected chi connectivity index (χ3v) is 2.55. The predicted molar refractivity (Wildman–Crippen MR) is 75.7 cm³/mol. The van der Waals surface area contributed by atoms with Crippen LogP contribution in [-0.2, 0) is 4.79 Å². The number of nitrogens with two attached hydrogens (primary N) is 1. The van der Waals surface area contributed by atoms with Crippen LogP contribution < -0.4 is 16.4 Å². The summed E-state index contributed by atoms with van der Waals surface area (Å²) in [7, 11) is 0. The van der Waals surface area contributed by atoms with Crippen molar-refractivity contribution in [2.45, 2.75) is 20.3 Å². The molecule has 4 N–H and O–H groups in total. The zero-order chi connectivity index (χ0) is 14.3. The average molecular weight is 263 g/mol. The highest BCUT2D eigenvalue weighted by atomic mass is 16.2. The van der Waals surface area contributed by atoms with Gasteiger partial charge in [-0.2, -0.15) is 0 Å². The number of carbonyl (C=O) groups is 2. The molecule has 0 radical (unpaired) electrons. The van der Waals surface area contributed by atoms with Gasteiger partial charge in [-0.15, -0.1) is 0 Å². The number of benzene rings is 1. The van der Waals surface area contributed by atoms with Crippen LogP contribution in [0.3, 0.4) is 0 Å². The number of hydrogen-bond acceptors (Lipinski definition) is 3. The van der Waals surface area contributed by atoms with E-state index < -0.39 is 0 Å². The van der Waals surface area contributed by atoms with E-state index in [1.54, 1.807) is 24.3 Å². The third-order valence-electron chi connectivity index (χ3n) is 2.55. The minimum Gasteiger partial charge on any atom is -0.398 e. The van der Waals surface area contributed by atoms with Crippen LogP contribution in [-0.4, -0.2) is 24.9 Å². The van der Waals surface area contributed by atoms with Crippen LogP contribution in [0.25, 0.3) is 0 Å². The Morgan fingerprint density at radius 3 is 2.53 bits per heavy atom. The van der Waals surface area contributed by atoms with Crippen LogP contribution in [0.4, 0.5) is 5.69 Å². The standard InChI is InChI=1S/C14H21N3O2/c1-10(2)9-17-13(18)7-8-16-14(19)11-5-3-4-6-12(11)15/h3-6,10H,7-9,15H2,1-2H3,(H,16,19)(H,17,18). The van der Waals surface area contributed by atoms with Crippen molar-refractivity contribution in [3.05, 3.63) is 29.8 Å². The minimum atomic E-state index is -0.255. The van der Waals surface area contributed by atoms with E-state index in [-0.39, 0.29) is 18.2 Å². The molecule has 0 aromatic heterocycles. The van der Waals surface area contributed by atoms with E-state index in [2.05, 4.69) is 10.6 Å². The number of para-hydroxylation sites is 1. The molecule has 0 heterocycles. The fourth-order valence-electron chi connectivity index (χ4n) is 1.49. The van der Waals surface area contributed by atoms with Gasteiger partial charge in [-0.3, -0.25) is 9.59 Å². The zero-order valence-corrected chi connectivity index (χ0v) is 11.4. The van der Waals surface area contributed by atoms with Crippen molar-refractivity contribution in [1.82, 2.24) is 10.6 Å². The van der Waals surface area contributed by atoms with Gasteiger partial charge in [0.1, 0.15) is 0 Å². The Morgan fingerprint density at radius 1 is 1.21 bits per heavy atom. The maximum atomic E-state index is 11.8. The molecular weight excluding hydrogens is 242 g/mol. The predicted octanol–water partition coefficient (Wildman–Crippen LogP) is 1.16. The summed E-state index contributed by atoms with van der Waals surface area (Å²) < 4.78 is 0. The molecule has 0 spiro atoms. The molecule has 1 rings (SSSR count). The molecule has 1 aromatic carbocycles. The smallest absolute Gasteiger partial charge is 0.253 e. The summed E-state index contributed by atoms with van der Waals surface area (Å²) in [5, 5.41) is 5.47. The first kappa shape index (κ1) is 15.0. The number of nitrogens with one attached hydrogen (secondary N) is 2. The van der Waals surface area contributed by atoms with Gasteiger partial charge in [0.2, 0.25) is 5.91 Å². The number of rotatable bonds is 6. The van der Waals surface area contributed by atoms with E-state index in [4.69, 9.17) is 5.73 Å². The highest BCUT2D eigenvalue weighted by molar-refractivity contribution is 5.99. The van der Waals surface area contributed by atoms with Crippen molar-refractivity contribution in [2.75, 3.05) is 18.8 Å². The van der Waals surface area contributed by atoms with E-state index >= 15 is 0 Å². The monoisotopic (exact) mass is 263 g/mol. The lowest BCUT2D eigenvalue weighted by molar-refractivity contribution is -0.121. The van der Waals surface area contributed by atoms with Crippen LogP contribution in [0.2, 0.25) is 0 Å². The van der Waals surface area contributed by atoms with Gasteiger partial charge in [0.05, 0.1) is 5.56 Å². The maximum Gasteiger partial charge on any atom is 0.253 e. The summed E-state index contributed by atoms with van der Waals surface area (Å²) in [6.45, 7) is 5.01. The van der Waals surface area contributed by atoms with Crippen LogP contribution in [0.15, 0.2) is 24.3 Å². The highest BCUT2D eigenvalue weighted by Crippen LogP contribution is 2.09. The van der Waals surface area contributed by atoms with Crippen molar-refractivity contribution >= 4 is 17.5 Å². The molecule has 2 amide bonds. The second-order valence-corrected chi connectivity index (χ2v) is 4.79. The van der Waals surface area contributed by atoms with E-state index in [1.807, 2.05) is 13.8 Å². The lowest BCUT2D eigenvalue weighted by atomic mass is 10.1. The molecule has 0 atom stereocenters. The molecule has 0 aliphatic rings. The van der Waals surface area contributed by atoms with Gasteiger partial charge in [-0.05, 0) is 18.1 Å². The van der Waals surface area contributed by atoms with Crippen molar-refractivity contribution in [2.24, 2.45) is 5.92 Å².